The van der Waals surface area contributed by atoms with Crippen LogP contribution in [0.3, 0.4) is 0 Å². The minimum atomic E-state index is -0.525. The van der Waals surface area contributed by atoms with E-state index >= 15 is 0 Å². The van der Waals surface area contributed by atoms with Gasteiger partial charge in [0.25, 0.3) is 0 Å². The first kappa shape index (κ1) is 11.0. The molecular weight excluding hydrogens is 299 g/mol. The second kappa shape index (κ2) is 4.18. The summed E-state index contributed by atoms with van der Waals surface area (Å²) in [6.45, 7) is 0. The van der Waals surface area contributed by atoms with Gasteiger partial charge in [-0.1, -0.05) is 11.6 Å². The molecule has 0 aliphatic rings. The second-order valence-electron chi connectivity index (χ2n) is 2.86. The highest BCUT2D eigenvalue weighted by atomic mass is 79.9. The summed E-state index contributed by atoms with van der Waals surface area (Å²) in [6.07, 6.45) is 4.29. The molecule has 16 heavy (non-hydrogen) atoms. The molecule has 0 aliphatic carbocycles. The van der Waals surface area contributed by atoms with Gasteiger partial charge in [-0.3, -0.25) is 10.1 Å². The molecule has 2 aromatic heterocycles. The van der Waals surface area contributed by atoms with Gasteiger partial charge in [0, 0.05) is 16.7 Å². The summed E-state index contributed by atoms with van der Waals surface area (Å²) in [7, 11) is 0. The van der Waals surface area contributed by atoms with E-state index in [0.29, 0.717) is 9.50 Å². The van der Waals surface area contributed by atoms with E-state index in [9.17, 15) is 10.1 Å². The van der Waals surface area contributed by atoms with Gasteiger partial charge in [-0.2, -0.15) is 5.10 Å². The molecule has 2 aromatic rings. The van der Waals surface area contributed by atoms with E-state index in [1.165, 1.54) is 29.3 Å². The number of nitrogens with zero attached hydrogens (tertiary/aromatic N) is 4. The van der Waals surface area contributed by atoms with Crippen molar-refractivity contribution in [2.45, 2.75) is 0 Å². The molecule has 0 fully saturated rings. The predicted octanol–water partition coefficient (Wildman–Crippen LogP) is 2.59. The zero-order valence-corrected chi connectivity index (χ0v) is 10.0. The molecular formula is C8H4BrClN4O2. The summed E-state index contributed by atoms with van der Waals surface area (Å²) in [5, 5.41) is 15.1. The second-order valence-corrected chi connectivity index (χ2v) is 4.21. The zero-order valence-electron chi connectivity index (χ0n) is 7.67. The number of nitro groups is 1. The van der Waals surface area contributed by atoms with Crippen LogP contribution in [0.25, 0.3) is 5.82 Å². The number of hydrogen-bond acceptors (Lipinski definition) is 4. The summed E-state index contributed by atoms with van der Waals surface area (Å²) >= 11 is 8.80. The number of pyridine rings is 1. The van der Waals surface area contributed by atoms with Crippen molar-refractivity contribution in [1.29, 1.82) is 0 Å². The number of aromatic nitrogens is 3. The molecule has 0 N–H and O–H groups in total. The average molecular weight is 304 g/mol. The van der Waals surface area contributed by atoms with Gasteiger partial charge in [-0.25, -0.2) is 9.67 Å². The van der Waals surface area contributed by atoms with Crippen molar-refractivity contribution in [2.75, 3.05) is 0 Å². The van der Waals surface area contributed by atoms with Crippen LogP contribution in [0.5, 0.6) is 0 Å². The maximum absolute atomic E-state index is 10.8. The van der Waals surface area contributed by atoms with Crippen molar-refractivity contribution < 1.29 is 4.92 Å². The van der Waals surface area contributed by atoms with Crippen molar-refractivity contribution in [3.8, 4) is 5.82 Å². The van der Waals surface area contributed by atoms with Crippen molar-refractivity contribution >= 4 is 33.2 Å². The molecule has 0 aliphatic heterocycles. The molecule has 0 saturated heterocycles. The molecule has 0 bridgehead atoms. The van der Waals surface area contributed by atoms with E-state index in [4.69, 9.17) is 11.6 Å². The lowest BCUT2D eigenvalue weighted by molar-refractivity contribution is -0.385. The molecule has 6 nitrogen and oxygen atoms in total. The molecule has 0 spiro atoms. The Morgan fingerprint density at radius 3 is 2.81 bits per heavy atom. The van der Waals surface area contributed by atoms with Crippen LogP contribution < -0.4 is 0 Å². The lowest BCUT2D eigenvalue weighted by Gasteiger charge is -2.01. The molecule has 0 radical (unpaired) electrons. The van der Waals surface area contributed by atoms with Gasteiger partial charge in [0.15, 0.2) is 0 Å². The highest BCUT2D eigenvalue weighted by Gasteiger charge is 2.18. The summed E-state index contributed by atoms with van der Waals surface area (Å²) in [4.78, 5) is 14.2. The standard InChI is InChI=1S/C8H4BrClN4O2/c9-5-1-7(14(15)16)8(11-2-5)13-4-6(10)3-12-13/h1-4H. The Labute approximate surface area is 103 Å². The SMILES string of the molecule is O=[N+]([O-])c1cc(Br)cnc1-n1cc(Cl)cn1. The first-order chi connectivity index (χ1) is 7.58. The quantitative estimate of drug-likeness (QED) is 0.631. The third kappa shape index (κ3) is 2.05. The molecule has 82 valence electrons. The van der Waals surface area contributed by atoms with Gasteiger partial charge in [0.1, 0.15) is 0 Å². The Morgan fingerprint density at radius 1 is 1.50 bits per heavy atom. The van der Waals surface area contributed by atoms with Crippen LogP contribution in [0.2, 0.25) is 5.02 Å². The fraction of sp³-hybridized carbons (Fsp3) is 0. The minimum Gasteiger partial charge on any atom is -0.258 e. The monoisotopic (exact) mass is 302 g/mol. The average Bonchev–Trinajstić information content (AvgIpc) is 2.64. The summed E-state index contributed by atoms with van der Waals surface area (Å²) in [6, 6.07) is 1.36. The van der Waals surface area contributed by atoms with E-state index in [1.807, 2.05) is 0 Å². The third-order valence-electron chi connectivity index (χ3n) is 1.78. The topological polar surface area (TPSA) is 73.8 Å². The van der Waals surface area contributed by atoms with E-state index in [2.05, 4.69) is 26.0 Å². The molecule has 2 rings (SSSR count). The van der Waals surface area contributed by atoms with Crippen LogP contribution >= 0.6 is 27.5 Å². The van der Waals surface area contributed by atoms with E-state index in [0.717, 1.165) is 0 Å². The molecule has 0 amide bonds. The normalized spacial score (nSPS) is 10.4. The third-order valence-corrected chi connectivity index (χ3v) is 2.41. The minimum absolute atomic E-state index is 0.125. The van der Waals surface area contributed by atoms with Crippen LogP contribution in [0, 0.1) is 10.1 Å². The van der Waals surface area contributed by atoms with Gasteiger partial charge in [0.2, 0.25) is 5.82 Å². The van der Waals surface area contributed by atoms with Gasteiger partial charge in [0.05, 0.1) is 22.3 Å². The number of halogens is 2. The molecule has 0 saturated carbocycles. The van der Waals surface area contributed by atoms with Gasteiger partial charge < -0.3 is 0 Å². The van der Waals surface area contributed by atoms with E-state index in [1.54, 1.807) is 0 Å². The summed E-state index contributed by atoms with van der Waals surface area (Å²) < 4.78 is 1.79. The smallest absolute Gasteiger partial charge is 0.258 e. The number of hydrogen-bond donors (Lipinski definition) is 0. The van der Waals surface area contributed by atoms with E-state index < -0.39 is 4.92 Å². The largest absolute Gasteiger partial charge is 0.314 e. The van der Waals surface area contributed by atoms with Crippen LogP contribution in [-0.4, -0.2) is 19.7 Å². The van der Waals surface area contributed by atoms with Crippen LogP contribution in [0.15, 0.2) is 29.1 Å². The van der Waals surface area contributed by atoms with Crippen LogP contribution in [-0.2, 0) is 0 Å². The molecule has 0 atom stereocenters. The maximum Gasteiger partial charge on any atom is 0.314 e. The Hall–Kier alpha value is -1.47. The van der Waals surface area contributed by atoms with Crippen LogP contribution in [0.4, 0.5) is 5.69 Å². The Kier molecular flexibility index (Phi) is 2.88. The molecule has 0 aromatic carbocycles. The van der Waals surface area contributed by atoms with Crippen LogP contribution in [0.1, 0.15) is 0 Å². The highest BCUT2D eigenvalue weighted by molar-refractivity contribution is 9.10. The fourth-order valence-corrected chi connectivity index (χ4v) is 1.60. The van der Waals surface area contributed by atoms with Gasteiger partial charge in [-0.05, 0) is 15.9 Å². The maximum atomic E-state index is 10.8. The van der Waals surface area contributed by atoms with Crippen molar-refractivity contribution in [3.05, 3.63) is 44.3 Å². The Balaban J connectivity index is 2.60. The Morgan fingerprint density at radius 2 is 2.25 bits per heavy atom. The number of rotatable bonds is 2. The first-order valence-corrected chi connectivity index (χ1v) is 5.25. The molecule has 2 heterocycles. The lowest BCUT2D eigenvalue weighted by Crippen LogP contribution is -2.03. The zero-order chi connectivity index (χ0) is 11.7. The Bertz CT molecular complexity index is 557. The molecule has 0 unspecified atom stereocenters. The lowest BCUT2D eigenvalue weighted by atomic mass is 10.4. The summed E-state index contributed by atoms with van der Waals surface area (Å²) in [5.74, 6) is 0.125. The van der Waals surface area contributed by atoms with Gasteiger partial charge >= 0.3 is 5.69 Å². The van der Waals surface area contributed by atoms with Crippen molar-refractivity contribution in [3.63, 3.8) is 0 Å². The summed E-state index contributed by atoms with van der Waals surface area (Å²) in [5.41, 5.74) is -0.144. The predicted molar refractivity (Wildman–Crippen MR) is 60.7 cm³/mol. The van der Waals surface area contributed by atoms with E-state index in [-0.39, 0.29) is 11.5 Å². The first-order valence-electron chi connectivity index (χ1n) is 4.08. The highest BCUT2D eigenvalue weighted by Crippen LogP contribution is 2.24. The fourth-order valence-electron chi connectivity index (χ4n) is 1.15. The van der Waals surface area contributed by atoms with Crippen molar-refractivity contribution in [2.24, 2.45) is 0 Å². The van der Waals surface area contributed by atoms with Crippen molar-refractivity contribution in [1.82, 2.24) is 14.8 Å². The van der Waals surface area contributed by atoms with Gasteiger partial charge in [-0.15, -0.1) is 0 Å². The molecule has 8 heteroatoms.